The highest BCUT2D eigenvalue weighted by atomic mass is 16.6. The maximum absolute atomic E-state index is 12.3. The molecule has 1 amide bonds. The second-order valence-electron chi connectivity index (χ2n) is 7.56. The lowest BCUT2D eigenvalue weighted by Crippen LogP contribution is -2.50. The number of carbonyl (C=O) groups excluding carboxylic acids is 1. The summed E-state index contributed by atoms with van der Waals surface area (Å²) in [5.74, 6) is 0.746. The smallest absolute Gasteiger partial charge is 0.410 e. The molecule has 3 heterocycles. The Hall–Kier alpha value is -1.90. The van der Waals surface area contributed by atoms with Crippen molar-refractivity contribution in [2.45, 2.75) is 57.8 Å². The zero-order chi connectivity index (χ0) is 17.5. The molecule has 24 heavy (non-hydrogen) atoms. The van der Waals surface area contributed by atoms with E-state index in [0.717, 1.165) is 18.9 Å². The Kier molecular flexibility index (Phi) is 4.37. The van der Waals surface area contributed by atoms with Crippen LogP contribution in [-0.2, 0) is 9.47 Å². The van der Waals surface area contributed by atoms with Crippen LogP contribution in [0.5, 0.6) is 0 Å². The monoisotopic (exact) mass is 338 g/mol. The van der Waals surface area contributed by atoms with Crippen molar-refractivity contribution in [3.05, 3.63) is 0 Å². The zero-order valence-corrected chi connectivity index (χ0v) is 15.0. The van der Waals surface area contributed by atoms with Crippen LogP contribution >= 0.6 is 0 Å². The summed E-state index contributed by atoms with van der Waals surface area (Å²) in [6.07, 6.45) is 0.687. The van der Waals surface area contributed by atoms with Crippen molar-refractivity contribution in [3.8, 4) is 0 Å². The van der Waals surface area contributed by atoms with Crippen LogP contribution in [0.15, 0.2) is 0 Å². The van der Waals surface area contributed by atoms with Crippen LogP contribution in [0.1, 0.15) is 40.2 Å². The number of carbonyl (C=O) groups is 1. The highest BCUT2D eigenvalue weighted by Gasteiger charge is 2.48. The van der Waals surface area contributed by atoms with Crippen molar-refractivity contribution < 1.29 is 14.3 Å². The summed E-state index contributed by atoms with van der Waals surface area (Å²) in [4.78, 5) is 16.4. The Morgan fingerprint density at radius 1 is 1.33 bits per heavy atom. The normalized spacial score (nSPS) is 24.5. The second kappa shape index (κ2) is 6.19. The fraction of sp³-hybridized carbons (Fsp3) is 0.867. The number of nitrogens with zero attached hydrogens (tertiary/aromatic N) is 6. The topological polar surface area (TPSA) is 85.6 Å². The number of likely N-dealkylation sites (tertiary alicyclic amines) is 1. The molecule has 2 aliphatic heterocycles. The number of aromatic nitrogens is 4. The number of piperazine rings is 1. The second-order valence-corrected chi connectivity index (χ2v) is 7.56. The molecular weight excluding hydrogens is 312 g/mol. The number of hydrogen-bond donors (Lipinski definition) is 0. The van der Waals surface area contributed by atoms with E-state index < -0.39 is 5.60 Å². The van der Waals surface area contributed by atoms with Gasteiger partial charge in [-0.15, -0.1) is 0 Å². The number of hydrogen-bond acceptors (Lipinski definition) is 7. The summed E-state index contributed by atoms with van der Waals surface area (Å²) in [5, 5.41) is 12.1. The lowest BCUT2D eigenvalue weighted by Gasteiger charge is -2.35. The molecule has 2 saturated heterocycles. The molecule has 2 fully saturated rings. The SMILES string of the molecule is COC[C@@H](C)n1nnnc1N1C[C@@H]2C[C@H]1CN2C(=O)OC(C)(C)C. The third-order valence-corrected chi connectivity index (χ3v) is 4.43. The van der Waals surface area contributed by atoms with Gasteiger partial charge >= 0.3 is 6.09 Å². The predicted octanol–water partition coefficient (Wildman–Crippen LogP) is 1.08. The minimum absolute atomic E-state index is 0.0566. The average molecular weight is 338 g/mol. The van der Waals surface area contributed by atoms with Gasteiger partial charge in [0.05, 0.1) is 24.7 Å². The molecule has 0 N–H and O–H groups in total. The lowest BCUT2D eigenvalue weighted by molar-refractivity contribution is 0.0214. The summed E-state index contributed by atoms with van der Waals surface area (Å²) in [7, 11) is 1.66. The number of methoxy groups -OCH3 is 1. The highest BCUT2D eigenvalue weighted by Crippen LogP contribution is 2.34. The molecule has 134 valence electrons. The fourth-order valence-electron chi connectivity index (χ4n) is 3.43. The first kappa shape index (κ1) is 16.9. The Bertz CT molecular complexity index is 598. The van der Waals surface area contributed by atoms with Crippen molar-refractivity contribution in [1.82, 2.24) is 25.1 Å². The van der Waals surface area contributed by atoms with Crippen LogP contribution < -0.4 is 4.90 Å². The van der Waals surface area contributed by atoms with Gasteiger partial charge in [-0.05, 0) is 44.5 Å². The van der Waals surface area contributed by atoms with Gasteiger partial charge in [-0.3, -0.25) is 0 Å². The van der Waals surface area contributed by atoms with Crippen LogP contribution in [0.2, 0.25) is 0 Å². The van der Waals surface area contributed by atoms with Crippen LogP contribution in [0, 0.1) is 0 Å². The van der Waals surface area contributed by atoms with Gasteiger partial charge in [0.2, 0.25) is 5.95 Å². The molecular formula is C15H26N6O3. The summed E-state index contributed by atoms with van der Waals surface area (Å²) >= 11 is 0. The van der Waals surface area contributed by atoms with Crippen LogP contribution in [0.25, 0.3) is 0 Å². The van der Waals surface area contributed by atoms with Crippen molar-refractivity contribution in [2.75, 3.05) is 31.7 Å². The van der Waals surface area contributed by atoms with E-state index in [1.165, 1.54) is 0 Å². The van der Waals surface area contributed by atoms with Gasteiger partial charge in [-0.25, -0.2) is 9.48 Å². The standard InChI is InChI=1S/C15H26N6O3/c1-10(9-23-5)21-13(16-17-18-21)19-7-12-6-11(19)8-20(12)14(22)24-15(2,3)4/h10-12H,6-9H2,1-5H3/t10-,11+,12+/m1/s1. The first-order valence-electron chi connectivity index (χ1n) is 8.33. The summed E-state index contributed by atoms with van der Waals surface area (Å²) in [6, 6.07) is 0.427. The van der Waals surface area contributed by atoms with Gasteiger partial charge in [0, 0.05) is 20.2 Å². The van der Waals surface area contributed by atoms with Crippen LogP contribution in [0.4, 0.5) is 10.7 Å². The van der Waals surface area contributed by atoms with Gasteiger partial charge in [-0.2, -0.15) is 0 Å². The van der Waals surface area contributed by atoms with Crippen LogP contribution in [0.3, 0.4) is 0 Å². The van der Waals surface area contributed by atoms with Gasteiger partial charge in [0.1, 0.15) is 5.60 Å². The molecule has 1 aromatic rings. The largest absolute Gasteiger partial charge is 0.444 e. The van der Waals surface area contributed by atoms with Crippen molar-refractivity contribution in [3.63, 3.8) is 0 Å². The number of ether oxygens (including phenoxy) is 2. The summed E-state index contributed by atoms with van der Waals surface area (Å²) < 4.78 is 12.5. The molecule has 0 aliphatic carbocycles. The minimum atomic E-state index is -0.474. The first-order chi connectivity index (χ1) is 11.3. The van der Waals surface area contributed by atoms with E-state index >= 15 is 0 Å². The fourth-order valence-corrected chi connectivity index (χ4v) is 3.43. The van der Waals surface area contributed by atoms with Crippen LogP contribution in [-0.4, -0.2) is 75.7 Å². The van der Waals surface area contributed by atoms with Gasteiger partial charge in [0.25, 0.3) is 0 Å². The van der Waals surface area contributed by atoms with E-state index in [1.807, 2.05) is 32.6 Å². The molecule has 0 aromatic carbocycles. The highest BCUT2D eigenvalue weighted by molar-refractivity contribution is 5.70. The van der Waals surface area contributed by atoms with E-state index in [4.69, 9.17) is 9.47 Å². The Morgan fingerprint density at radius 2 is 2.08 bits per heavy atom. The zero-order valence-electron chi connectivity index (χ0n) is 15.0. The number of fused-ring (bicyclic) bond motifs is 2. The van der Waals surface area contributed by atoms with E-state index in [9.17, 15) is 4.79 Å². The average Bonchev–Trinajstić information content (AvgIpc) is 3.19. The van der Waals surface area contributed by atoms with Gasteiger partial charge in [0.15, 0.2) is 0 Å². The molecule has 3 rings (SSSR count). The maximum Gasteiger partial charge on any atom is 0.410 e. The molecule has 3 atom stereocenters. The van der Waals surface area contributed by atoms with E-state index in [2.05, 4.69) is 20.4 Å². The minimum Gasteiger partial charge on any atom is -0.444 e. The van der Waals surface area contributed by atoms with Gasteiger partial charge in [-0.1, -0.05) is 5.10 Å². The summed E-state index contributed by atoms with van der Waals surface area (Å²) in [6.45, 7) is 9.59. The Morgan fingerprint density at radius 3 is 2.67 bits per heavy atom. The molecule has 0 radical (unpaired) electrons. The quantitative estimate of drug-likeness (QED) is 0.812. The van der Waals surface area contributed by atoms with Crippen molar-refractivity contribution >= 4 is 12.0 Å². The third-order valence-electron chi connectivity index (χ3n) is 4.43. The third kappa shape index (κ3) is 3.17. The van der Waals surface area contributed by atoms with Crippen molar-refractivity contribution in [2.24, 2.45) is 0 Å². The molecule has 2 aliphatic rings. The van der Waals surface area contributed by atoms with E-state index in [1.54, 1.807) is 11.8 Å². The number of tetrazole rings is 1. The number of rotatable bonds is 4. The summed E-state index contributed by atoms with van der Waals surface area (Å²) in [5.41, 5.74) is -0.474. The molecule has 0 spiro atoms. The van der Waals surface area contributed by atoms with Gasteiger partial charge < -0.3 is 19.3 Å². The first-order valence-corrected chi connectivity index (χ1v) is 8.33. The predicted molar refractivity (Wildman–Crippen MR) is 86.9 cm³/mol. The molecule has 9 nitrogen and oxygen atoms in total. The van der Waals surface area contributed by atoms with E-state index in [-0.39, 0.29) is 24.2 Å². The molecule has 9 heteroatoms. The van der Waals surface area contributed by atoms with E-state index in [0.29, 0.717) is 13.2 Å². The molecule has 0 saturated carbocycles. The molecule has 0 unspecified atom stereocenters. The number of anilines is 1. The Labute approximate surface area is 141 Å². The van der Waals surface area contributed by atoms with Crippen molar-refractivity contribution in [1.29, 1.82) is 0 Å². The Balaban J connectivity index is 1.68. The molecule has 2 bridgehead atoms. The maximum atomic E-state index is 12.3. The number of amides is 1. The lowest BCUT2D eigenvalue weighted by atomic mass is 10.2. The molecule has 1 aromatic heterocycles.